The number of likely N-dealkylation sites (tertiary alicyclic amines) is 1. The van der Waals surface area contributed by atoms with Crippen molar-refractivity contribution in [1.29, 1.82) is 5.26 Å². The van der Waals surface area contributed by atoms with E-state index in [1.165, 1.54) is 0 Å². The molecule has 266 valence electrons. The van der Waals surface area contributed by atoms with E-state index in [0.29, 0.717) is 46.7 Å². The van der Waals surface area contributed by atoms with Gasteiger partial charge in [0, 0.05) is 29.1 Å². The minimum absolute atomic E-state index is 0.232. The van der Waals surface area contributed by atoms with E-state index in [0.717, 1.165) is 27.8 Å². The van der Waals surface area contributed by atoms with Gasteiger partial charge in [0.25, 0.3) is 0 Å². The number of benzene rings is 5. The molecule has 1 aliphatic heterocycles. The number of carbonyl (C=O) groups is 2. The zero-order chi connectivity index (χ0) is 37.2. The molecular formula is C44H40ClN5O3. The molecule has 8 nitrogen and oxygen atoms in total. The number of hydrogen-bond acceptors (Lipinski definition) is 5. The second kappa shape index (κ2) is 14.6. The standard InChI is InChI=1S/C44H40ClN5O3/c1-43(2,3)53-42(52)49-25-13-14-32(29-49)41(51)47-40-37-27-31(36-26-30(28-46)21-23-38(36)45)22-24-39(37)50(48-40)44(33-15-7-4-8-16-33,34-17-9-5-10-18-34)35-19-11-6-12-20-35/h4-12,15-24,26-27,32H,13-14,25,29H2,1-3H3,(H,47,48,51)/t32-/m0/s1. The monoisotopic (exact) mass is 721 g/mol. The maximum absolute atomic E-state index is 14.2. The summed E-state index contributed by atoms with van der Waals surface area (Å²) in [6.45, 7) is 6.26. The van der Waals surface area contributed by atoms with Gasteiger partial charge in [-0.25, -0.2) is 9.48 Å². The van der Waals surface area contributed by atoms with Crippen molar-refractivity contribution >= 4 is 40.3 Å². The lowest BCUT2D eigenvalue weighted by Crippen LogP contribution is -2.45. The highest BCUT2D eigenvalue weighted by atomic mass is 35.5. The van der Waals surface area contributed by atoms with E-state index in [4.69, 9.17) is 21.4 Å². The van der Waals surface area contributed by atoms with Gasteiger partial charge in [0.05, 0.1) is 23.1 Å². The van der Waals surface area contributed by atoms with E-state index in [1.54, 1.807) is 23.1 Å². The lowest BCUT2D eigenvalue weighted by Gasteiger charge is -2.37. The van der Waals surface area contributed by atoms with Crippen LogP contribution in [0, 0.1) is 17.2 Å². The number of ether oxygens (including phenoxy) is 1. The molecule has 1 aromatic heterocycles. The largest absolute Gasteiger partial charge is 0.444 e. The van der Waals surface area contributed by atoms with Crippen molar-refractivity contribution in [3.8, 4) is 17.2 Å². The number of rotatable bonds is 7. The number of nitriles is 1. The fraction of sp³-hybridized carbons (Fsp3) is 0.227. The van der Waals surface area contributed by atoms with E-state index in [2.05, 4.69) is 47.8 Å². The molecule has 6 aromatic rings. The molecule has 1 N–H and O–H groups in total. The molecule has 0 aliphatic carbocycles. The Morgan fingerprint density at radius 2 is 1.45 bits per heavy atom. The molecule has 0 radical (unpaired) electrons. The Labute approximate surface area is 314 Å². The van der Waals surface area contributed by atoms with Gasteiger partial charge in [-0.1, -0.05) is 109 Å². The lowest BCUT2D eigenvalue weighted by molar-refractivity contribution is -0.121. The Morgan fingerprint density at radius 3 is 2.02 bits per heavy atom. The Hall–Kier alpha value is -5.91. The molecule has 5 aromatic carbocycles. The van der Waals surface area contributed by atoms with Crippen molar-refractivity contribution in [3.63, 3.8) is 0 Å². The Kier molecular flexibility index (Phi) is 9.78. The third-order valence-electron chi connectivity index (χ3n) is 9.66. The van der Waals surface area contributed by atoms with E-state index in [9.17, 15) is 14.9 Å². The normalized spacial score (nSPS) is 14.8. The molecule has 2 amide bonds. The number of nitrogens with one attached hydrogen (secondary N) is 1. The molecular weight excluding hydrogens is 682 g/mol. The van der Waals surface area contributed by atoms with Gasteiger partial charge in [-0.05, 0) is 86.2 Å². The smallest absolute Gasteiger partial charge is 0.410 e. The number of halogens is 1. The minimum Gasteiger partial charge on any atom is -0.444 e. The van der Waals surface area contributed by atoms with Gasteiger partial charge in [-0.3, -0.25) is 4.79 Å². The summed E-state index contributed by atoms with van der Waals surface area (Å²) in [4.78, 5) is 28.8. The fourth-order valence-corrected chi connectivity index (χ4v) is 7.48. The molecule has 0 saturated carbocycles. The summed E-state index contributed by atoms with van der Waals surface area (Å²) in [5, 5.41) is 19.4. The van der Waals surface area contributed by atoms with E-state index in [1.807, 2.05) is 98.2 Å². The maximum Gasteiger partial charge on any atom is 0.410 e. The number of hydrogen-bond donors (Lipinski definition) is 1. The summed E-state index contributed by atoms with van der Waals surface area (Å²) in [7, 11) is 0. The van der Waals surface area contributed by atoms with Gasteiger partial charge in [0.15, 0.2) is 5.82 Å². The zero-order valence-electron chi connectivity index (χ0n) is 29.9. The topological polar surface area (TPSA) is 100 Å². The van der Waals surface area contributed by atoms with Crippen molar-refractivity contribution in [2.45, 2.75) is 44.8 Å². The molecule has 2 heterocycles. The van der Waals surface area contributed by atoms with Crippen LogP contribution in [0.4, 0.5) is 10.6 Å². The highest BCUT2D eigenvalue weighted by Crippen LogP contribution is 2.44. The molecule has 9 heteroatoms. The van der Waals surface area contributed by atoms with Crippen LogP contribution in [0.1, 0.15) is 55.9 Å². The van der Waals surface area contributed by atoms with Crippen LogP contribution in [0.5, 0.6) is 0 Å². The summed E-state index contributed by atoms with van der Waals surface area (Å²) in [5.41, 5.74) is 4.06. The number of amides is 2. The van der Waals surface area contributed by atoms with Gasteiger partial charge in [-0.2, -0.15) is 10.4 Å². The predicted octanol–water partition coefficient (Wildman–Crippen LogP) is 9.65. The molecule has 53 heavy (non-hydrogen) atoms. The highest BCUT2D eigenvalue weighted by Gasteiger charge is 2.41. The quantitative estimate of drug-likeness (QED) is 0.166. The number of nitrogens with zero attached hydrogens (tertiary/aromatic N) is 4. The number of fused-ring (bicyclic) bond motifs is 1. The van der Waals surface area contributed by atoms with Crippen LogP contribution in [0.25, 0.3) is 22.0 Å². The van der Waals surface area contributed by atoms with E-state index >= 15 is 0 Å². The molecule has 1 aliphatic rings. The average Bonchev–Trinajstić information content (AvgIpc) is 3.53. The van der Waals surface area contributed by atoms with E-state index in [-0.39, 0.29) is 12.5 Å². The van der Waals surface area contributed by atoms with Crippen LogP contribution in [-0.2, 0) is 15.1 Å². The molecule has 7 rings (SSSR count). The van der Waals surface area contributed by atoms with Crippen molar-refractivity contribution < 1.29 is 14.3 Å². The lowest BCUT2D eigenvalue weighted by atomic mass is 9.77. The van der Waals surface area contributed by atoms with Crippen LogP contribution in [0.15, 0.2) is 127 Å². The molecule has 0 bridgehead atoms. The van der Waals surface area contributed by atoms with Gasteiger partial charge in [-0.15, -0.1) is 0 Å². The first kappa shape index (κ1) is 35.5. The first-order valence-corrected chi connectivity index (χ1v) is 18.1. The van der Waals surface area contributed by atoms with Crippen molar-refractivity contribution in [2.75, 3.05) is 18.4 Å². The van der Waals surface area contributed by atoms with Gasteiger partial charge in [0.2, 0.25) is 5.91 Å². The summed E-state index contributed by atoms with van der Waals surface area (Å²) in [6, 6.07) is 44.0. The first-order valence-electron chi connectivity index (χ1n) is 17.8. The van der Waals surface area contributed by atoms with E-state index < -0.39 is 23.2 Å². The number of piperidine rings is 1. The summed E-state index contributed by atoms with van der Waals surface area (Å²) in [5.74, 6) is -0.325. The van der Waals surface area contributed by atoms with Gasteiger partial charge < -0.3 is 15.0 Å². The SMILES string of the molecule is CC(C)(C)OC(=O)N1CCC[C@H](C(=O)Nc2nn(C(c3ccccc3)(c3ccccc3)c3ccccc3)c3ccc(-c4cc(C#N)ccc4Cl)cc23)C1. The molecule has 1 fully saturated rings. The second-order valence-electron chi connectivity index (χ2n) is 14.4. The molecule has 1 atom stereocenters. The van der Waals surface area contributed by atoms with Crippen molar-refractivity contribution in [2.24, 2.45) is 5.92 Å². The van der Waals surface area contributed by atoms with Crippen LogP contribution in [0.2, 0.25) is 5.02 Å². The highest BCUT2D eigenvalue weighted by molar-refractivity contribution is 6.33. The molecule has 0 unspecified atom stereocenters. The van der Waals surface area contributed by atoms with Crippen LogP contribution >= 0.6 is 11.6 Å². The minimum atomic E-state index is -0.955. The molecule has 0 spiro atoms. The second-order valence-corrected chi connectivity index (χ2v) is 14.8. The van der Waals surface area contributed by atoms with Crippen LogP contribution < -0.4 is 5.32 Å². The first-order chi connectivity index (χ1) is 25.6. The van der Waals surface area contributed by atoms with Crippen molar-refractivity contribution in [3.05, 3.63) is 155 Å². The number of anilines is 1. The summed E-state index contributed by atoms with van der Waals surface area (Å²) in [6.07, 6.45) is 0.862. The van der Waals surface area contributed by atoms with Gasteiger partial charge in [0.1, 0.15) is 11.1 Å². The summed E-state index contributed by atoms with van der Waals surface area (Å²) >= 11 is 6.72. The van der Waals surface area contributed by atoms with Crippen molar-refractivity contribution in [1.82, 2.24) is 14.7 Å². The number of carbonyl (C=O) groups excluding carboxylic acids is 2. The van der Waals surface area contributed by atoms with Crippen LogP contribution in [0.3, 0.4) is 0 Å². The fourth-order valence-electron chi connectivity index (χ4n) is 7.26. The third kappa shape index (κ3) is 7.01. The maximum atomic E-state index is 14.2. The predicted molar refractivity (Wildman–Crippen MR) is 209 cm³/mol. The Bertz CT molecular complexity index is 2210. The Balaban J connectivity index is 1.42. The molecule has 1 saturated heterocycles. The Morgan fingerprint density at radius 1 is 0.849 bits per heavy atom. The number of aromatic nitrogens is 2. The third-order valence-corrected chi connectivity index (χ3v) is 9.99. The average molecular weight is 722 g/mol. The summed E-state index contributed by atoms with van der Waals surface area (Å²) < 4.78 is 7.64. The van der Waals surface area contributed by atoms with Gasteiger partial charge >= 0.3 is 6.09 Å². The van der Waals surface area contributed by atoms with Crippen LogP contribution in [-0.4, -0.2) is 45.4 Å². The zero-order valence-corrected chi connectivity index (χ0v) is 30.7.